The van der Waals surface area contributed by atoms with Gasteiger partial charge in [-0.05, 0) is 23.3 Å². The van der Waals surface area contributed by atoms with Crippen LogP contribution in [0, 0.1) is 10.1 Å². The van der Waals surface area contributed by atoms with Crippen molar-refractivity contribution in [3.63, 3.8) is 0 Å². The van der Waals surface area contributed by atoms with E-state index in [1.54, 1.807) is 12.1 Å². The molecule has 23 heavy (non-hydrogen) atoms. The zero-order chi connectivity index (χ0) is 16.1. The highest BCUT2D eigenvalue weighted by molar-refractivity contribution is 5.34. The number of hydrogen-bond donors (Lipinski definition) is 0. The van der Waals surface area contributed by atoms with Gasteiger partial charge in [-0.3, -0.25) is 24.9 Å². The van der Waals surface area contributed by atoms with Gasteiger partial charge >= 0.3 is 0 Å². The van der Waals surface area contributed by atoms with Crippen LogP contribution in [0.3, 0.4) is 0 Å². The van der Waals surface area contributed by atoms with Gasteiger partial charge in [0.25, 0.3) is 5.69 Å². The van der Waals surface area contributed by atoms with E-state index in [1.165, 1.54) is 11.6 Å². The van der Waals surface area contributed by atoms with Crippen molar-refractivity contribution in [3.8, 4) is 0 Å². The Bertz CT molecular complexity index is 655. The zero-order valence-electron chi connectivity index (χ0n) is 13.0. The Hall–Kier alpha value is -2.31. The second-order valence-corrected chi connectivity index (χ2v) is 5.83. The Kier molecular flexibility index (Phi) is 4.95. The summed E-state index contributed by atoms with van der Waals surface area (Å²) in [7, 11) is 0. The molecular weight excluding hydrogens is 292 g/mol. The number of rotatable bonds is 5. The van der Waals surface area contributed by atoms with Crippen molar-refractivity contribution in [3.05, 3.63) is 70.0 Å². The average Bonchev–Trinajstić information content (AvgIpc) is 2.58. The molecule has 0 N–H and O–H groups in total. The minimum atomic E-state index is -0.337. The Morgan fingerprint density at radius 2 is 1.57 bits per heavy atom. The smallest absolute Gasteiger partial charge is 0.269 e. The highest BCUT2D eigenvalue weighted by atomic mass is 16.6. The molecule has 0 saturated carbocycles. The number of benzene rings is 1. The molecule has 2 heterocycles. The third-order valence-corrected chi connectivity index (χ3v) is 4.15. The van der Waals surface area contributed by atoms with Crippen LogP contribution in [-0.4, -0.2) is 45.9 Å². The lowest BCUT2D eigenvalue weighted by Crippen LogP contribution is -2.45. The van der Waals surface area contributed by atoms with Crippen molar-refractivity contribution in [2.24, 2.45) is 0 Å². The topological polar surface area (TPSA) is 62.5 Å². The van der Waals surface area contributed by atoms with Gasteiger partial charge in [0.1, 0.15) is 0 Å². The minimum Gasteiger partial charge on any atom is -0.297 e. The third kappa shape index (κ3) is 4.34. The van der Waals surface area contributed by atoms with Gasteiger partial charge in [0.15, 0.2) is 0 Å². The largest absolute Gasteiger partial charge is 0.297 e. The predicted molar refractivity (Wildman–Crippen MR) is 87.9 cm³/mol. The van der Waals surface area contributed by atoms with Gasteiger partial charge in [-0.2, -0.15) is 0 Å². The summed E-state index contributed by atoms with van der Waals surface area (Å²) in [6, 6.07) is 11.0. The molecule has 0 atom stereocenters. The molecule has 0 aliphatic carbocycles. The lowest BCUT2D eigenvalue weighted by Gasteiger charge is -2.34. The zero-order valence-corrected chi connectivity index (χ0v) is 13.0. The summed E-state index contributed by atoms with van der Waals surface area (Å²) in [6.07, 6.45) is 3.65. The van der Waals surface area contributed by atoms with E-state index in [4.69, 9.17) is 0 Å². The number of nitro benzene ring substituents is 1. The van der Waals surface area contributed by atoms with Crippen LogP contribution in [0.15, 0.2) is 48.8 Å². The quantitative estimate of drug-likeness (QED) is 0.626. The SMILES string of the molecule is O=[N+]([O-])c1cccc(CN2CCN(Cc3ccncc3)CC2)c1. The van der Waals surface area contributed by atoms with Gasteiger partial charge in [-0.1, -0.05) is 12.1 Å². The molecule has 1 fully saturated rings. The molecule has 0 bridgehead atoms. The lowest BCUT2D eigenvalue weighted by molar-refractivity contribution is -0.384. The Morgan fingerprint density at radius 1 is 0.957 bits per heavy atom. The minimum absolute atomic E-state index is 0.166. The maximum absolute atomic E-state index is 10.8. The van der Waals surface area contributed by atoms with Crippen molar-refractivity contribution in [2.75, 3.05) is 26.2 Å². The lowest BCUT2D eigenvalue weighted by atomic mass is 10.1. The number of hydrogen-bond acceptors (Lipinski definition) is 5. The van der Waals surface area contributed by atoms with Crippen LogP contribution in [0.2, 0.25) is 0 Å². The monoisotopic (exact) mass is 312 g/mol. The highest BCUT2D eigenvalue weighted by Gasteiger charge is 2.17. The van der Waals surface area contributed by atoms with E-state index in [9.17, 15) is 10.1 Å². The van der Waals surface area contributed by atoms with Crippen LogP contribution in [0.25, 0.3) is 0 Å². The number of aromatic nitrogens is 1. The van der Waals surface area contributed by atoms with Crippen LogP contribution in [-0.2, 0) is 13.1 Å². The summed E-state index contributed by atoms with van der Waals surface area (Å²) < 4.78 is 0. The number of non-ortho nitro benzene ring substituents is 1. The molecule has 120 valence electrons. The van der Waals surface area contributed by atoms with E-state index < -0.39 is 0 Å². The fourth-order valence-electron chi connectivity index (χ4n) is 2.88. The van der Waals surface area contributed by atoms with Crippen LogP contribution in [0.1, 0.15) is 11.1 Å². The Labute approximate surface area is 135 Å². The summed E-state index contributed by atoms with van der Waals surface area (Å²) in [5.41, 5.74) is 2.45. The molecule has 1 aliphatic heterocycles. The predicted octanol–water partition coefficient (Wildman–Crippen LogP) is 2.31. The van der Waals surface area contributed by atoms with Crippen LogP contribution >= 0.6 is 0 Å². The molecule has 1 saturated heterocycles. The molecule has 6 heteroatoms. The molecule has 0 spiro atoms. The van der Waals surface area contributed by atoms with Crippen LogP contribution in [0.4, 0.5) is 5.69 Å². The summed E-state index contributed by atoms with van der Waals surface area (Å²) >= 11 is 0. The molecule has 1 aromatic heterocycles. The van der Waals surface area contributed by atoms with E-state index in [2.05, 4.69) is 26.9 Å². The third-order valence-electron chi connectivity index (χ3n) is 4.15. The molecule has 0 amide bonds. The van der Waals surface area contributed by atoms with Crippen molar-refractivity contribution in [2.45, 2.75) is 13.1 Å². The summed E-state index contributed by atoms with van der Waals surface area (Å²) in [6.45, 7) is 5.70. The van der Waals surface area contributed by atoms with Crippen molar-refractivity contribution in [1.82, 2.24) is 14.8 Å². The molecule has 0 radical (unpaired) electrons. The highest BCUT2D eigenvalue weighted by Crippen LogP contribution is 2.16. The number of nitrogens with zero attached hydrogens (tertiary/aromatic N) is 4. The van der Waals surface area contributed by atoms with Gasteiger partial charge in [0.2, 0.25) is 0 Å². The molecule has 1 aromatic carbocycles. The van der Waals surface area contributed by atoms with Crippen LogP contribution < -0.4 is 0 Å². The average molecular weight is 312 g/mol. The molecular formula is C17H20N4O2. The maximum Gasteiger partial charge on any atom is 0.269 e. The summed E-state index contributed by atoms with van der Waals surface area (Å²) in [4.78, 5) is 19.3. The Balaban J connectivity index is 1.51. The standard InChI is InChI=1S/C17H20N4O2/c22-21(23)17-3-1-2-16(12-17)14-20-10-8-19(9-11-20)13-15-4-6-18-7-5-15/h1-7,12H,8-11,13-14H2. The first kappa shape index (κ1) is 15.6. The summed E-state index contributed by atoms with van der Waals surface area (Å²) in [5.74, 6) is 0. The molecule has 0 unspecified atom stereocenters. The van der Waals surface area contributed by atoms with E-state index >= 15 is 0 Å². The van der Waals surface area contributed by atoms with Crippen molar-refractivity contribution < 1.29 is 4.92 Å². The molecule has 3 rings (SSSR count). The maximum atomic E-state index is 10.8. The van der Waals surface area contributed by atoms with Crippen molar-refractivity contribution in [1.29, 1.82) is 0 Å². The number of nitro groups is 1. The van der Waals surface area contributed by atoms with Gasteiger partial charge in [0.05, 0.1) is 4.92 Å². The van der Waals surface area contributed by atoms with Crippen LogP contribution in [0.5, 0.6) is 0 Å². The second-order valence-electron chi connectivity index (χ2n) is 5.83. The second kappa shape index (κ2) is 7.30. The van der Waals surface area contributed by atoms with E-state index in [-0.39, 0.29) is 10.6 Å². The Morgan fingerprint density at radius 3 is 2.17 bits per heavy atom. The number of pyridine rings is 1. The fraction of sp³-hybridized carbons (Fsp3) is 0.353. The van der Waals surface area contributed by atoms with E-state index in [0.29, 0.717) is 0 Å². The first-order valence-electron chi connectivity index (χ1n) is 7.78. The molecule has 6 nitrogen and oxygen atoms in total. The van der Waals surface area contributed by atoms with Crippen molar-refractivity contribution >= 4 is 5.69 Å². The van der Waals surface area contributed by atoms with Gasteiger partial charge in [-0.15, -0.1) is 0 Å². The fourth-order valence-corrected chi connectivity index (χ4v) is 2.88. The molecule has 1 aliphatic rings. The summed E-state index contributed by atoms with van der Waals surface area (Å²) in [5, 5.41) is 10.8. The molecule has 2 aromatic rings. The number of piperazine rings is 1. The first-order valence-corrected chi connectivity index (χ1v) is 7.78. The van der Waals surface area contributed by atoms with E-state index in [0.717, 1.165) is 44.8 Å². The van der Waals surface area contributed by atoms with E-state index in [1.807, 2.05) is 18.5 Å². The first-order chi connectivity index (χ1) is 11.2. The van der Waals surface area contributed by atoms with Gasteiger partial charge in [-0.25, -0.2) is 0 Å². The van der Waals surface area contributed by atoms with Gasteiger partial charge < -0.3 is 0 Å². The van der Waals surface area contributed by atoms with Gasteiger partial charge in [0, 0.05) is 63.8 Å². The normalized spacial score (nSPS) is 16.3.